The third-order valence-electron chi connectivity index (χ3n) is 5.29. The van der Waals surface area contributed by atoms with Crippen LogP contribution in [0.15, 0.2) is 18.3 Å². The van der Waals surface area contributed by atoms with Gasteiger partial charge in [0.15, 0.2) is 0 Å². The third kappa shape index (κ3) is 3.33. The number of nitrogens with zero attached hydrogens (tertiary/aromatic N) is 4. The lowest BCUT2D eigenvalue weighted by molar-refractivity contribution is -0.146. The van der Waals surface area contributed by atoms with Gasteiger partial charge in [0.25, 0.3) is 5.91 Å². The van der Waals surface area contributed by atoms with Crippen LogP contribution < -0.4 is 4.90 Å². The molecule has 25 heavy (non-hydrogen) atoms. The number of carbonyl (C=O) groups excluding carboxylic acids is 2. The van der Waals surface area contributed by atoms with Crippen LogP contribution in [0.2, 0.25) is 0 Å². The van der Waals surface area contributed by atoms with Gasteiger partial charge in [0, 0.05) is 46.5 Å². The Balaban J connectivity index is 1.71. The molecule has 2 saturated heterocycles. The highest BCUT2D eigenvalue weighted by molar-refractivity contribution is 5.95. The van der Waals surface area contributed by atoms with Gasteiger partial charge in [-0.25, -0.2) is 4.98 Å². The minimum atomic E-state index is -0.472. The standard InChI is InChI=1S/C18H26N4O3/c1-20(2)15-5-4-14(12-19-15)16(24)22-9-7-18(13-22)6-3-8-21(10-11-23)17(18)25/h4-5,12,23H,3,6-11,13H2,1-2H3/t18-/m1/s1. The number of likely N-dealkylation sites (tertiary alicyclic amines) is 2. The molecule has 2 amide bonds. The van der Waals surface area contributed by atoms with Gasteiger partial charge in [-0.1, -0.05) is 0 Å². The van der Waals surface area contributed by atoms with Gasteiger partial charge in [0.1, 0.15) is 5.82 Å². The maximum Gasteiger partial charge on any atom is 0.255 e. The number of anilines is 1. The summed E-state index contributed by atoms with van der Waals surface area (Å²) in [6.07, 6.45) is 4.04. The molecule has 0 unspecified atom stereocenters. The highest BCUT2D eigenvalue weighted by Crippen LogP contribution is 2.40. The van der Waals surface area contributed by atoms with Gasteiger partial charge < -0.3 is 19.8 Å². The first-order chi connectivity index (χ1) is 12.0. The third-order valence-corrected chi connectivity index (χ3v) is 5.29. The van der Waals surface area contributed by atoms with Gasteiger partial charge in [-0.2, -0.15) is 0 Å². The van der Waals surface area contributed by atoms with Crippen LogP contribution in [0, 0.1) is 5.41 Å². The summed E-state index contributed by atoms with van der Waals surface area (Å²) < 4.78 is 0. The molecule has 3 heterocycles. The smallest absolute Gasteiger partial charge is 0.255 e. The van der Waals surface area contributed by atoms with Crippen LogP contribution in [0.25, 0.3) is 0 Å². The average molecular weight is 346 g/mol. The molecule has 1 N–H and O–H groups in total. The Labute approximate surface area is 148 Å². The van der Waals surface area contributed by atoms with E-state index in [-0.39, 0.29) is 18.4 Å². The van der Waals surface area contributed by atoms with E-state index < -0.39 is 5.41 Å². The predicted octanol–water partition coefficient (Wildman–Crippen LogP) is 0.595. The summed E-state index contributed by atoms with van der Waals surface area (Å²) in [6.45, 7) is 2.11. The van der Waals surface area contributed by atoms with Gasteiger partial charge >= 0.3 is 0 Å². The van der Waals surface area contributed by atoms with Crippen molar-refractivity contribution in [2.45, 2.75) is 19.3 Å². The number of carbonyl (C=O) groups is 2. The fourth-order valence-corrected chi connectivity index (χ4v) is 3.87. The quantitative estimate of drug-likeness (QED) is 0.864. The SMILES string of the molecule is CN(C)c1ccc(C(=O)N2CC[C@]3(CCCN(CCO)C3=O)C2)cn1. The molecule has 2 aliphatic heterocycles. The van der Waals surface area contributed by atoms with Crippen molar-refractivity contribution in [2.75, 3.05) is 51.8 Å². The number of hydrogen-bond donors (Lipinski definition) is 1. The molecule has 2 aliphatic rings. The summed E-state index contributed by atoms with van der Waals surface area (Å²) in [4.78, 5) is 35.3. The summed E-state index contributed by atoms with van der Waals surface area (Å²) in [5, 5.41) is 9.15. The number of hydrogen-bond acceptors (Lipinski definition) is 5. The number of aromatic nitrogens is 1. The maximum absolute atomic E-state index is 12.8. The van der Waals surface area contributed by atoms with Gasteiger partial charge in [0.05, 0.1) is 17.6 Å². The Morgan fingerprint density at radius 3 is 2.76 bits per heavy atom. The molecule has 0 aliphatic carbocycles. The van der Waals surface area contributed by atoms with Crippen LogP contribution in [0.1, 0.15) is 29.6 Å². The normalized spacial score (nSPS) is 23.4. The number of amides is 2. The van der Waals surface area contributed by atoms with Crippen LogP contribution in [-0.4, -0.2) is 78.6 Å². The van der Waals surface area contributed by atoms with Crippen molar-refractivity contribution in [1.29, 1.82) is 0 Å². The molecule has 3 rings (SSSR count). The zero-order chi connectivity index (χ0) is 18.0. The summed E-state index contributed by atoms with van der Waals surface area (Å²) in [5.41, 5.74) is 0.0817. The Kier molecular flexibility index (Phi) is 4.94. The number of aliphatic hydroxyl groups is 1. The number of piperidine rings is 1. The molecule has 1 spiro atoms. The van der Waals surface area contributed by atoms with E-state index in [2.05, 4.69) is 4.98 Å². The fraction of sp³-hybridized carbons (Fsp3) is 0.611. The molecule has 1 atom stereocenters. The van der Waals surface area contributed by atoms with Crippen LogP contribution in [0.4, 0.5) is 5.82 Å². The lowest BCUT2D eigenvalue weighted by Crippen LogP contribution is -2.51. The van der Waals surface area contributed by atoms with E-state index >= 15 is 0 Å². The van der Waals surface area contributed by atoms with Gasteiger partial charge in [-0.15, -0.1) is 0 Å². The van der Waals surface area contributed by atoms with Crippen molar-refractivity contribution in [2.24, 2.45) is 5.41 Å². The maximum atomic E-state index is 12.8. The second-order valence-corrected chi connectivity index (χ2v) is 7.18. The number of rotatable bonds is 4. The molecule has 0 bridgehead atoms. The van der Waals surface area contributed by atoms with Crippen LogP contribution in [0.3, 0.4) is 0 Å². The van der Waals surface area contributed by atoms with Gasteiger partial charge in [0.2, 0.25) is 5.91 Å². The number of aliphatic hydroxyl groups excluding tert-OH is 1. The van der Waals surface area contributed by atoms with Crippen LogP contribution in [-0.2, 0) is 4.79 Å². The summed E-state index contributed by atoms with van der Waals surface area (Å²) in [6, 6.07) is 3.62. The Morgan fingerprint density at radius 2 is 2.12 bits per heavy atom. The first kappa shape index (κ1) is 17.7. The lowest BCUT2D eigenvalue weighted by atomic mass is 9.78. The molecular weight excluding hydrogens is 320 g/mol. The van der Waals surface area contributed by atoms with Crippen molar-refractivity contribution >= 4 is 17.6 Å². The summed E-state index contributed by atoms with van der Waals surface area (Å²) >= 11 is 0. The van der Waals surface area contributed by atoms with E-state index in [9.17, 15) is 9.59 Å². The van der Waals surface area contributed by atoms with Crippen molar-refractivity contribution in [3.63, 3.8) is 0 Å². The van der Waals surface area contributed by atoms with E-state index in [0.29, 0.717) is 38.2 Å². The van der Waals surface area contributed by atoms with Gasteiger partial charge in [-0.3, -0.25) is 9.59 Å². The summed E-state index contributed by atoms with van der Waals surface area (Å²) in [5.74, 6) is 0.822. The monoisotopic (exact) mass is 346 g/mol. The largest absolute Gasteiger partial charge is 0.395 e. The summed E-state index contributed by atoms with van der Waals surface area (Å²) in [7, 11) is 3.81. The molecule has 0 radical (unpaired) electrons. The highest BCUT2D eigenvalue weighted by atomic mass is 16.3. The first-order valence-corrected chi connectivity index (χ1v) is 8.80. The molecule has 136 valence electrons. The number of pyridine rings is 1. The van der Waals surface area contributed by atoms with E-state index in [1.165, 1.54) is 0 Å². The lowest BCUT2D eigenvalue weighted by Gasteiger charge is -2.39. The Bertz CT molecular complexity index is 644. The topological polar surface area (TPSA) is 77.0 Å². The second-order valence-electron chi connectivity index (χ2n) is 7.18. The Morgan fingerprint density at radius 1 is 1.32 bits per heavy atom. The Hall–Kier alpha value is -2.15. The van der Waals surface area contributed by atoms with Crippen LogP contribution >= 0.6 is 0 Å². The van der Waals surface area contributed by atoms with Crippen molar-refractivity contribution in [3.8, 4) is 0 Å². The highest BCUT2D eigenvalue weighted by Gasteiger charge is 2.49. The molecule has 0 saturated carbocycles. The van der Waals surface area contributed by atoms with Crippen molar-refractivity contribution in [1.82, 2.24) is 14.8 Å². The predicted molar refractivity (Wildman–Crippen MR) is 94.4 cm³/mol. The molecule has 1 aromatic heterocycles. The van der Waals surface area contributed by atoms with E-state index in [4.69, 9.17) is 5.11 Å². The van der Waals surface area contributed by atoms with E-state index in [1.807, 2.05) is 25.1 Å². The fourth-order valence-electron chi connectivity index (χ4n) is 3.87. The van der Waals surface area contributed by atoms with Crippen molar-refractivity contribution < 1.29 is 14.7 Å². The second kappa shape index (κ2) is 7.00. The minimum absolute atomic E-state index is 0.0195. The van der Waals surface area contributed by atoms with Crippen molar-refractivity contribution in [3.05, 3.63) is 23.9 Å². The van der Waals surface area contributed by atoms with Gasteiger partial charge in [-0.05, 0) is 31.4 Å². The molecule has 7 heteroatoms. The van der Waals surface area contributed by atoms with E-state index in [0.717, 1.165) is 18.7 Å². The van der Waals surface area contributed by atoms with Crippen LogP contribution in [0.5, 0.6) is 0 Å². The molecule has 2 fully saturated rings. The average Bonchev–Trinajstić information content (AvgIpc) is 3.04. The molecule has 7 nitrogen and oxygen atoms in total. The molecule has 0 aromatic carbocycles. The molecule has 1 aromatic rings. The molecular formula is C18H26N4O3. The zero-order valence-corrected chi connectivity index (χ0v) is 14.9. The number of β-amino-alcohol motifs (C(OH)–C–C–N with tert-alkyl or cyclic N) is 1. The van der Waals surface area contributed by atoms with E-state index in [1.54, 1.807) is 22.1 Å². The zero-order valence-electron chi connectivity index (χ0n) is 14.9. The minimum Gasteiger partial charge on any atom is -0.395 e. The first-order valence-electron chi connectivity index (χ1n) is 8.80.